The van der Waals surface area contributed by atoms with Crippen LogP contribution in [0.2, 0.25) is 0 Å². The molecule has 0 unspecified atom stereocenters. The second kappa shape index (κ2) is 6.74. The number of aromatic nitrogens is 1. The molecule has 0 aliphatic heterocycles. The number of nitrogens with one attached hydrogen (secondary N) is 1. The molecule has 0 bridgehead atoms. The maximum Gasteiger partial charge on any atom is 0.272 e. The lowest BCUT2D eigenvalue weighted by Gasteiger charge is -2.17. The van der Waals surface area contributed by atoms with Gasteiger partial charge in [-0.25, -0.2) is 4.98 Å². The molecule has 0 fully saturated rings. The Labute approximate surface area is 124 Å². The first-order valence-electron chi connectivity index (χ1n) is 6.67. The maximum absolute atomic E-state index is 12.4. The number of hydrogen-bond donors (Lipinski definition) is 1. The van der Waals surface area contributed by atoms with Gasteiger partial charge in [0, 0.05) is 20.6 Å². The topological polar surface area (TPSA) is 54.5 Å². The predicted molar refractivity (Wildman–Crippen MR) is 82.6 cm³/mol. The molecule has 1 amide bonds. The van der Waals surface area contributed by atoms with Gasteiger partial charge in [0.2, 0.25) is 0 Å². The summed E-state index contributed by atoms with van der Waals surface area (Å²) in [4.78, 5) is 18.3. The predicted octanol–water partition coefficient (Wildman–Crippen LogP) is 2.40. The number of carbonyl (C=O) groups is 1. The number of benzene rings is 1. The van der Waals surface area contributed by atoms with Crippen molar-refractivity contribution < 1.29 is 9.53 Å². The summed E-state index contributed by atoms with van der Waals surface area (Å²) in [6.45, 7) is 0.501. The van der Waals surface area contributed by atoms with Crippen LogP contribution in [-0.2, 0) is 6.54 Å². The summed E-state index contributed by atoms with van der Waals surface area (Å²) in [5.41, 5.74) is 1.43. The fourth-order valence-corrected chi connectivity index (χ4v) is 2.01. The van der Waals surface area contributed by atoms with E-state index >= 15 is 0 Å². The van der Waals surface area contributed by atoms with Gasteiger partial charge in [-0.3, -0.25) is 4.79 Å². The molecule has 0 saturated heterocycles. The van der Waals surface area contributed by atoms with Gasteiger partial charge in [0.05, 0.1) is 7.11 Å². The minimum absolute atomic E-state index is 0.116. The Bertz CT molecular complexity index is 628. The molecule has 21 heavy (non-hydrogen) atoms. The molecule has 2 aromatic rings. The number of nitrogens with zero attached hydrogens (tertiary/aromatic N) is 2. The van der Waals surface area contributed by atoms with Crippen molar-refractivity contribution in [3.63, 3.8) is 0 Å². The van der Waals surface area contributed by atoms with Crippen LogP contribution in [0.1, 0.15) is 16.1 Å². The third-order valence-electron chi connectivity index (χ3n) is 3.12. The second-order valence-corrected chi connectivity index (χ2v) is 4.67. The molecule has 0 atom stereocenters. The van der Waals surface area contributed by atoms with Gasteiger partial charge in [-0.05, 0) is 29.8 Å². The van der Waals surface area contributed by atoms with E-state index in [0.717, 1.165) is 11.3 Å². The Balaban J connectivity index is 2.11. The molecule has 0 spiro atoms. The minimum atomic E-state index is -0.116. The summed E-state index contributed by atoms with van der Waals surface area (Å²) in [5, 5.41) is 2.93. The monoisotopic (exact) mass is 285 g/mol. The lowest BCUT2D eigenvalue weighted by Crippen LogP contribution is -2.27. The highest BCUT2D eigenvalue weighted by Crippen LogP contribution is 2.15. The lowest BCUT2D eigenvalue weighted by molar-refractivity contribution is 0.0779. The first-order chi connectivity index (χ1) is 10.1. The van der Waals surface area contributed by atoms with Crippen molar-refractivity contribution in [1.29, 1.82) is 0 Å². The number of amides is 1. The van der Waals surface area contributed by atoms with E-state index in [1.165, 1.54) is 0 Å². The van der Waals surface area contributed by atoms with Crippen LogP contribution in [0.25, 0.3) is 0 Å². The highest BCUT2D eigenvalue weighted by atomic mass is 16.5. The van der Waals surface area contributed by atoms with Gasteiger partial charge in [-0.1, -0.05) is 18.2 Å². The highest BCUT2D eigenvalue weighted by Gasteiger charge is 2.14. The Morgan fingerprint density at radius 1 is 1.29 bits per heavy atom. The summed E-state index contributed by atoms with van der Waals surface area (Å²) in [6.07, 6.45) is 0. The third kappa shape index (κ3) is 3.72. The zero-order valence-corrected chi connectivity index (χ0v) is 12.5. The number of hydrogen-bond acceptors (Lipinski definition) is 4. The van der Waals surface area contributed by atoms with E-state index in [0.29, 0.717) is 18.1 Å². The molecule has 1 aromatic carbocycles. The maximum atomic E-state index is 12.4. The summed E-state index contributed by atoms with van der Waals surface area (Å²) >= 11 is 0. The summed E-state index contributed by atoms with van der Waals surface area (Å²) in [5.74, 6) is 1.34. The van der Waals surface area contributed by atoms with Crippen LogP contribution in [-0.4, -0.2) is 37.0 Å². The Morgan fingerprint density at radius 2 is 2.05 bits per heavy atom. The summed E-state index contributed by atoms with van der Waals surface area (Å²) in [7, 11) is 5.16. The normalized spacial score (nSPS) is 10.0. The van der Waals surface area contributed by atoms with Crippen molar-refractivity contribution in [2.24, 2.45) is 0 Å². The quantitative estimate of drug-likeness (QED) is 0.916. The summed E-state index contributed by atoms with van der Waals surface area (Å²) < 4.78 is 5.19. The first kappa shape index (κ1) is 14.8. The largest absolute Gasteiger partial charge is 0.497 e. The number of carbonyl (C=O) groups excluding carboxylic acids is 1. The van der Waals surface area contributed by atoms with E-state index in [1.807, 2.05) is 36.4 Å². The van der Waals surface area contributed by atoms with E-state index in [-0.39, 0.29) is 5.91 Å². The molecule has 5 nitrogen and oxygen atoms in total. The van der Waals surface area contributed by atoms with Crippen molar-refractivity contribution in [3.8, 4) is 5.75 Å². The van der Waals surface area contributed by atoms with Crippen LogP contribution in [0, 0.1) is 0 Å². The van der Waals surface area contributed by atoms with Gasteiger partial charge in [-0.2, -0.15) is 0 Å². The number of rotatable bonds is 5. The fraction of sp³-hybridized carbons (Fsp3) is 0.250. The van der Waals surface area contributed by atoms with Crippen LogP contribution in [0.15, 0.2) is 42.5 Å². The van der Waals surface area contributed by atoms with Gasteiger partial charge in [0.1, 0.15) is 17.3 Å². The van der Waals surface area contributed by atoms with E-state index in [2.05, 4.69) is 10.3 Å². The van der Waals surface area contributed by atoms with Gasteiger partial charge in [0.15, 0.2) is 0 Å². The van der Waals surface area contributed by atoms with Gasteiger partial charge in [0.25, 0.3) is 5.91 Å². The Hall–Kier alpha value is -2.56. The lowest BCUT2D eigenvalue weighted by atomic mass is 10.2. The fourth-order valence-electron chi connectivity index (χ4n) is 2.01. The number of anilines is 1. The number of methoxy groups -OCH3 is 1. The van der Waals surface area contributed by atoms with Gasteiger partial charge >= 0.3 is 0 Å². The molecule has 2 rings (SSSR count). The standard InChI is InChI=1S/C16H19N3O2/c1-17-15-9-5-8-14(18-15)16(20)19(2)11-12-6-4-7-13(10-12)21-3/h4-10H,11H2,1-3H3,(H,17,18). The molecule has 5 heteroatoms. The van der Waals surface area contributed by atoms with Crippen molar-refractivity contribution in [1.82, 2.24) is 9.88 Å². The molecule has 1 N–H and O–H groups in total. The molecule has 0 aliphatic carbocycles. The molecule has 1 aromatic heterocycles. The second-order valence-electron chi connectivity index (χ2n) is 4.67. The van der Waals surface area contributed by atoms with E-state index in [1.54, 1.807) is 32.2 Å². The van der Waals surface area contributed by atoms with Crippen molar-refractivity contribution in [3.05, 3.63) is 53.7 Å². The Kier molecular flexibility index (Phi) is 4.77. The van der Waals surface area contributed by atoms with Crippen molar-refractivity contribution in [2.75, 3.05) is 26.5 Å². The summed E-state index contributed by atoms with van der Waals surface area (Å²) in [6, 6.07) is 13.0. The molecule has 110 valence electrons. The van der Waals surface area contributed by atoms with E-state index in [4.69, 9.17) is 4.74 Å². The zero-order chi connectivity index (χ0) is 15.2. The number of pyridine rings is 1. The zero-order valence-electron chi connectivity index (χ0n) is 12.5. The van der Waals surface area contributed by atoms with Crippen molar-refractivity contribution in [2.45, 2.75) is 6.54 Å². The van der Waals surface area contributed by atoms with E-state index < -0.39 is 0 Å². The van der Waals surface area contributed by atoms with Crippen molar-refractivity contribution >= 4 is 11.7 Å². The molecule has 1 heterocycles. The third-order valence-corrected chi connectivity index (χ3v) is 3.12. The first-order valence-corrected chi connectivity index (χ1v) is 6.67. The van der Waals surface area contributed by atoms with Crippen LogP contribution < -0.4 is 10.1 Å². The van der Waals surface area contributed by atoms with Crippen LogP contribution in [0.3, 0.4) is 0 Å². The SMILES string of the molecule is CNc1cccc(C(=O)N(C)Cc2cccc(OC)c2)n1. The van der Waals surface area contributed by atoms with E-state index in [9.17, 15) is 4.79 Å². The van der Waals surface area contributed by atoms with Gasteiger partial charge in [-0.15, -0.1) is 0 Å². The molecule has 0 radical (unpaired) electrons. The van der Waals surface area contributed by atoms with Crippen LogP contribution in [0.4, 0.5) is 5.82 Å². The number of ether oxygens (including phenoxy) is 1. The molecular formula is C16H19N3O2. The highest BCUT2D eigenvalue weighted by molar-refractivity contribution is 5.92. The van der Waals surface area contributed by atoms with Crippen LogP contribution in [0.5, 0.6) is 5.75 Å². The average molecular weight is 285 g/mol. The molecule has 0 aliphatic rings. The van der Waals surface area contributed by atoms with Gasteiger partial charge < -0.3 is 15.0 Å². The molecular weight excluding hydrogens is 266 g/mol. The minimum Gasteiger partial charge on any atom is -0.497 e. The smallest absolute Gasteiger partial charge is 0.272 e. The Morgan fingerprint density at radius 3 is 2.76 bits per heavy atom. The molecule has 0 saturated carbocycles. The average Bonchev–Trinajstić information content (AvgIpc) is 2.54. The van der Waals surface area contributed by atoms with Crippen LogP contribution >= 0.6 is 0 Å².